The van der Waals surface area contributed by atoms with Crippen LogP contribution in [-0.2, 0) is 20.8 Å². The van der Waals surface area contributed by atoms with E-state index in [0.717, 1.165) is 20.5 Å². The number of nitrogens with zero attached hydrogens (tertiary/aromatic N) is 2. The first-order valence-electron chi connectivity index (χ1n) is 9.01. The van der Waals surface area contributed by atoms with Crippen molar-refractivity contribution in [3.05, 3.63) is 64.9 Å². The van der Waals surface area contributed by atoms with Gasteiger partial charge >= 0.3 is 17.8 Å². The molecule has 0 aliphatic carbocycles. The van der Waals surface area contributed by atoms with Crippen LogP contribution >= 0.6 is 11.3 Å². The molecule has 1 aliphatic heterocycles. The Morgan fingerprint density at radius 3 is 2.41 bits per heavy atom. The average molecular weight is 407 g/mol. The van der Waals surface area contributed by atoms with Crippen LogP contribution in [0.5, 0.6) is 0 Å². The van der Waals surface area contributed by atoms with E-state index in [1.54, 1.807) is 12.1 Å². The topological polar surface area (TPSA) is 86.8 Å². The maximum Gasteiger partial charge on any atom is 0.334 e. The number of carbonyl (C=O) groups is 4. The highest BCUT2D eigenvalue weighted by molar-refractivity contribution is 7.09. The largest absolute Gasteiger partial charge is 0.334 e. The highest BCUT2D eigenvalue weighted by atomic mass is 32.1. The van der Waals surface area contributed by atoms with E-state index in [9.17, 15) is 19.2 Å². The predicted octanol–water partition coefficient (Wildman–Crippen LogP) is 2.87. The minimum atomic E-state index is -0.977. The van der Waals surface area contributed by atoms with Crippen LogP contribution in [0.2, 0.25) is 0 Å². The zero-order chi connectivity index (χ0) is 20.4. The highest BCUT2D eigenvalue weighted by Gasteiger charge is 2.44. The zero-order valence-corrected chi connectivity index (χ0v) is 16.1. The third-order valence-corrected chi connectivity index (χ3v) is 5.57. The molecule has 1 aliphatic rings. The minimum Gasteiger partial charge on any atom is -0.325 e. The number of thiophene rings is 1. The number of amides is 5. The summed E-state index contributed by atoms with van der Waals surface area (Å²) in [6.45, 7) is -0.404. The van der Waals surface area contributed by atoms with Crippen LogP contribution in [0.3, 0.4) is 0 Å². The first-order valence-corrected chi connectivity index (χ1v) is 9.89. The summed E-state index contributed by atoms with van der Waals surface area (Å²) in [5.41, 5.74) is 0.550. The van der Waals surface area contributed by atoms with Gasteiger partial charge in [0.1, 0.15) is 6.54 Å². The number of hydrogen-bond donors (Lipinski definition) is 1. The monoisotopic (exact) mass is 407 g/mol. The third-order valence-electron chi connectivity index (χ3n) is 4.63. The Hall–Kier alpha value is -3.52. The molecule has 8 heteroatoms. The summed E-state index contributed by atoms with van der Waals surface area (Å²) in [5.74, 6) is -2.42. The van der Waals surface area contributed by atoms with E-state index in [-0.39, 0.29) is 6.54 Å². The zero-order valence-electron chi connectivity index (χ0n) is 15.3. The molecule has 1 aromatic heterocycles. The van der Waals surface area contributed by atoms with Crippen molar-refractivity contribution in [1.29, 1.82) is 0 Å². The second kappa shape index (κ2) is 7.84. The molecular weight excluding hydrogens is 390 g/mol. The fourth-order valence-electron chi connectivity index (χ4n) is 3.17. The summed E-state index contributed by atoms with van der Waals surface area (Å²) in [6, 6.07) is 16.1. The second-order valence-corrected chi connectivity index (χ2v) is 7.60. The van der Waals surface area contributed by atoms with E-state index in [4.69, 9.17) is 0 Å². The van der Waals surface area contributed by atoms with E-state index >= 15 is 0 Å². The molecule has 5 amide bonds. The maximum atomic E-state index is 12.5. The summed E-state index contributed by atoms with van der Waals surface area (Å²) in [6.07, 6.45) is 0.472. The number of fused-ring (bicyclic) bond motifs is 1. The molecule has 3 aromatic rings. The van der Waals surface area contributed by atoms with Gasteiger partial charge in [-0.3, -0.25) is 19.3 Å². The third kappa shape index (κ3) is 3.88. The number of benzene rings is 2. The number of imide groups is 2. The van der Waals surface area contributed by atoms with Gasteiger partial charge in [-0.25, -0.2) is 9.69 Å². The number of carbonyl (C=O) groups excluding carboxylic acids is 4. The smallest absolute Gasteiger partial charge is 0.325 e. The molecule has 1 N–H and O–H groups in total. The number of anilines is 1. The first kappa shape index (κ1) is 18.8. The van der Waals surface area contributed by atoms with Gasteiger partial charge in [-0.15, -0.1) is 11.3 Å². The number of nitrogens with one attached hydrogen (secondary N) is 1. The van der Waals surface area contributed by atoms with Gasteiger partial charge < -0.3 is 5.32 Å². The van der Waals surface area contributed by atoms with Gasteiger partial charge in [0, 0.05) is 23.5 Å². The highest BCUT2D eigenvalue weighted by Crippen LogP contribution is 2.19. The van der Waals surface area contributed by atoms with Gasteiger partial charge in [0.25, 0.3) is 0 Å². The molecule has 4 rings (SSSR count). The lowest BCUT2D eigenvalue weighted by Crippen LogP contribution is -2.39. The lowest BCUT2D eigenvalue weighted by atomic mass is 10.1. The SMILES string of the molecule is O=C(CN1C(=O)C(=O)N(CCc2cccs2)C1=O)Nc1ccc2ccccc2c1. The summed E-state index contributed by atoms with van der Waals surface area (Å²) in [4.78, 5) is 51.8. The van der Waals surface area contributed by atoms with E-state index in [2.05, 4.69) is 5.32 Å². The van der Waals surface area contributed by atoms with Crippen molar-refractivity contribution in [2.75, 3.05) is 18.4 Å². The van der Waals surface area contributed by atoms with E-state index < -0.39 is 30.3 Å². The summed E-state index contributed by atoms with van der Waals surface area (Å²) in [7, 11) is 0. The lowest BCUT2D eigenvalue weighted by Gasteiger charge is -2.15. The molecule has 29 heavy (non-hydrogen) atoms. The molecule has 0 radical (unpaired) electrons. The normalized spacial score (nSPS) is 14.1. The molecule has 146 valence electrons. The summed E-state index contributed by atoms with van der Waals surface area (Å²) < 4.78 is 0. The Kier molecular flexibility index (Phi) is 5.09. The average Bonchev–Trinajstić information content (AvgIpc) is 3.30. The molecule has 7 nitrogen and oxygen atoms in total. The fraction of sp³-hybridized carbons (Fsp3) is 0.143. The van der Waals surface area contributed by atoms with Gasteiger partial charge in [-0.05, 0) is 34.4 Å². The Morgan fingerprint density at radius 1 is 0.897 bits per heavy atom. The van der Waals surface area contributed by atoms with Crippen LogP contribution < -0.4 is 5.32 Å². The van der Waals surface area contributed by atoms with Crippen molar-refractivity contribution in [2.24, 2.45) is 0 Å². The van der Waals surface area contributed by atoms with E-state index in [1.165, 1.54) is 11.3 Å². The van der Waals surface area contributed by atoms with E-state index in [1.807, 2.05) is 47.8 Å². The van der Waals surface area contributed by atoms with Crippen LogP contribution in [0.4, 0.5) is 10.5 Å². The van der Waals surface area contributed by atoms with Crippen molar-refractivity contribution >= 4 is 51.5 Å². The molecule has 0 bridgehead atoms. The fourth-order valence-corrected chi connectivity index (χ4v) is 3.87. The molecule has 1 fully saturated rings. The molecular formula is C21H17N3O4S. The van der Waals surface area contributed by atoms with Crippen LogP contribution in [-0.4, -0.2) is 46.6 Å². The Labute approximate surface area is 170 Å². The predicted molar refractivity (Wildman–Crippen MR) is 109 cm³/mol. The Morgan fingerprint density at radius 2 is 1.66 bits per heavy atom. The number of rotatable bonds is 6. The van der Waals surface area contributed by atoms with Gasteiger partial charge in [0.05, 0.1) is 0 Å². The lowest BCUT2D eigenvalue weighted by molar-refractivity contribution is -0.143. The molecule has 1 saturated heterocycles. The van der Waals surface area contributed by atoms with Crippen molar-refractivity contribution < 1.29 is 19.2 Å². The van der Waals surface area contributed by atoms with Gasteiger partial charge in [-0.1, -0.05) is 36.4 Å². The standard InChI is InChI=1S/C21H17N3O4S/c25-18(22-16-8-7-14-4-1-2-5-15(14)12-16)13-24-20(27)19(26)23(21(24)28)10-9-17-6-3-11-29-17/h1-8,11-12H,9-10,13H2,(H,22,25). The van der Waals surface area contributed by atoms with Gasteiger partial charge in [0.15, 0.2) is 0 Å². The molecule has 0 saturated carbocycles. The van der Waals surface area contributed by atoms with Gasteiger partial charge in [-0.2, -0.15) is 0 Å². The Bertz CT molecular complexity index is 1110. The van der Waals surface area contributed by atoms with E-state index in [0.29, 0.717) is 17.0 Å². The van der Waals surface area contributed by atoms with Crippen molar-refractivity contribution in [1.82, 2.24) is 9.80 Å². The van der Waals surface area contributed by atoms with Crippen molar-refractivity contribution in [3.8, 4) is 0 Å². The molecule has 2 heterocycles. The van der Waals surface area contributed by atoms with Crippen molar-refractivity contribution in [2.45, 2.75) is 6.42 Å². The Balaban J connectivity index is 1.40. The maximum absolute atomic E-state index is 12.5. The minimum absolute atomic E-state index is 0.104. The molecule has 0 atom stereocenters. The molecule has 0 spiro atoms. The molecule has 2 aromatic carbocycles. The summed E-state index contributed by atoms with van der Waals surface area (Å²) >= 11 is 1.51. The van der Waals surface area contributed by atoms with Crippen LogP contribution in [0.25, 0.3) is 10.8 Å². The number of hydrogen-bond acceptors (Lipinski definition) is 5. The number of urea groups is 1. The van der Waals surface area contributed by atoms with Crippen LogP contribution in [0.15, 0.2) is 60.0 Å². The van der Waals surface area contributed by atoms with Gasteiger partial charge in [0.2, 0.25) is 5.91 Å². The van der Waals surface area contributed by atoms with Crippen molar-refractivity contribution in [3.63, 3.8) is 0 Å². The molecule has 0 unspecified atom stereocenters. The van der Waals surface area contributed by atoms with Crippen LogP contribution in [0, 0.1) is 0 Å². The second-order valence-electron chi connectivity index (χ2n) is 6.57. The summed E-state index contributed by atoms with van der Waals surface area (Å²) in [5, 5.41) is 6.56. The first-order chi connectivity index (χ1) is 14.0. The quantitative estimate of drug-likeness (QED) is 0.503. The van der Waals surface area contributed by atoms with Crippen LogP contribution in [0.1, 0.15) is 4.88 Å².